The predicted octanol–water partition coefficient (Wildman–Crippen LogP) is 1.74. The minimum Gasteiger partial charge on any atom is -0.480 e. The molecular weight excluding hydrogens is 363 g/mol. The molecule has 1 amide bonds. The number of nitrogens with one attached hydrogen (secondary N) is 2. The maximum absolute atomic E-state index is 13.0. The molecule has 0 aromatic heterocycles. The van der Waals surface area contributed by atoms with Gasteiger partial charge in [-0.15, -0.1) is 0 Å². The normalized spacial score (nSPS) is 14.3. The Bertz CT molecular complexity index is 732. The molecule has 0 spiro atoms. The lowest BCUT2D eigenvalue weighted by Crippen LogP contribution is -2.53. The largest absolute Gasteiger partial charge is 0.480 e. The van der Waals surface area contributed by atoms with E-state index in [4.69, 9.17) is 0 Å². The first-order chi connectivity index (χ1) is 11.9. The number of halogens is 1. The number of carbonyl (C=O) groups is 2. The molecule has 1 aromatic rings. The van der Waals surface area contributed by atoms with E-state index in [2.05, 4.69) is 10.0 Å². The zero-order valence-electron chi connectivity index (χ0n) is 15.2. The molecule has 0 fully saturated rings. The lowest BCUT2D eigenvalue weighted by atomic mass is 10.0. The summed E-state index contributed by atoms with van der Waals surface area (Å²) in [6.07, 6.45) is 0.219. The molecule has 0 saturated heterocycles. The molecule has 0 radical (unpaired) electrons. The van der Waals surface area contributed by atoms with Gasteiger partial charge in [0.15, 0.2) is 0 Å². The van der Waals surface area contributed by atoms with Crippen LogP contribution in [0.3, 0.4) is 0 Å². The van der Waals surface area contributed by atoms with Gasteiger partial charge in [-0.25, -0.2) is 17.6 Å². The van der Waals surface area contributed by atoms with Gasteiger partial charge in [-0.3, -0.25) is 4.79 Å². The summed E-state index contributed by atoms with van der Waals surface area (Å²) in [5.74, 6) is -2.89. The molecule has 0 aliphatic carbocycles. The first-order valence-electron chi connectivity index (χ1n) is 8.25. The van der Waals surface area contributed by atoms with Crippen molar-refractivity contribution in [2.45, 2.75) is 51.1 Å². The highest BCUT2D eigenvalue weighted by Crippen LogP contribution is 2.14. The fourth-order valence-corrected chi connectivity index (χ4v) is 3.64. The second-order valence-electron chi connectivity index (χ2n) is 6.83. The van der Waals surface area contributed by atoms with E-state index in [0.29, 0.717) is 0 Å². The van der Waals surface area contributed by atoms with Crippen molar-refractivity contribution in [2.75, 3.05) is 0 Å². The third-order valence-electron chi connectivity index (χ3n) is 3.68. The molecule has 0 aliphatic rings. The Balaban J connectivity index is 2.98. The van der Waals surface area contributed by atoms with Crippen LogP contribution in [0.4, 0.5) is 4.39 Å². The minimum atomic E-state index is -4.07. The van der Waals surface area contributed by atoms with Crippen molar-refractivity contribution in [3.63, 3.8) is 0 Å². The van der Waals surface area contributed by atoms with Gasteiger partial charge in [0.05, 0.1) is 4.90 Å². The Morgan fingerprint density at radius 2 is 1.65 bits per heavy atom. The van der Waals surface area contributed by atoms with Crippen molar-refractivity contribution in [3.8, 4) is 0 Å². The van der Waals surface area contributed by atoms with Gasteiger partial charge in [-0.05, 0) is 42.5 Å². The fourth-order valence-electron chi connectivity index (χ4n) is 2.30. The number of benzene rings is 1. The van der Waals surface area contributed by atoms with E-state index in [-0.39, 0.29) is 17.2 Å². The Morgan fingerprint density at radius 1 is 1.12 bits per heavy atom. The van der Waals surface area contributed by atoms with E-state index in [1.807, 2.05) is 13.8 Å². The lowest BCUT2D eigenvalue weighted by molar-refractivity contribution is -0.142. The minimum absolute atomic E-state index is 0.0322. The van der Waals surface area contributed by atoms with Gasteiger partial charge in [-0.1, -0.05) is 27.7 Å². The van der Waals surface area contributed by atoms with Crippen LogP contribution in [0.25, 0.3) is 0 Å². The smallest absolute Gasteiger partial charge is 0.326 e. The summed E-state index contributed by atoms with van der Waals surface area (Å²) in [4.78, 5) is 23.6. The van der Waals surface area contributed by atoms with Crippen LogP contribution < -0.4 is 10.0 Å². The number of hydrogen-bond donors (Lipinski definition) is 3. The van der Waals surface area contributed by atoms with E-state index in [1.54, 1.807) is 13.8 Å². The molecule has 0 heterocycles. The average Bonchev–Trinajstić information content (AvgIpc) is 2.51. The lowest BCUT2D eigenvalue weighted by Gasteiger charge is -2.24. The first-order valence-corrected chi connectivity index (χ1v) is 9.73. The number of aliphatic carboxylic acids is 1. The molecule has 146 valence electrons. The molecule has 3 N–H and O–H groups in total. The Labute approximate surface area is 153 Å². The number of carbonyl (C=O) groups excluding carboxylic acids is 1. The van der Waals surface area contributed by atoms with Crippen LogP contribution in [0.15, 0.2) is 29.2 Å². The second kappa shape index (κ2) is 9.09. The fraction of sp³-hybridized carbons (Fsp3) is 0.529. The van der Waals surface area contributed by atoms with Crippen molar-refractivity contribution < 1.29 is 27.5 Å². The molecule has 0 unspecified atom stereocenters. The van der Waals surface area contributed by atoms with E-state index < -0.39 is 45.7 Å². The summed E-state index contributed by atoms with van der Waals surface area (Å²) in [5, 5.41) is 11.6. The van der Waals surface area contributed by atoms with Crippen LogP contribution in [0.1, 0.15) is 34.1 Å². The standard InChI is InChI=1S/C17H25FN2O5S/c1-10(2)9-14(17(22)23)19-16(21)15(11(3)4)20-26(24,25)13-7-5-12(18)6-8-13/h5-8,10-11,14-15,20H,9H2,1-4H3,(H,19,21)(H,22,23)/t14-,15-/m0/s1. The van der Waals surface area contributed by atoms with Crippen LogP contribution in [0, 0.1) is 17.7 Å². The topological polar surface area (TPSA) is 113 Å². The molecular formula is C17H25FN2O5S. The highest BCUT2D eigenvalue weighted by Gasteiger charge is 2.31. The number of rotatable bonds is 9. The van der Waals surface area contributed by atoms with Crippen LogP contribution in [0.2, 0.25) is 0 Å². The van der Waals surface area contributed by atoms with Gasteiger partial charge in [0.1, 0.15) is 17.9 Å². The Morgan fingerprint density at radius 3 is 2.08 bits per heavy atom. The van der Waals surface area contributed by atoms with E-state index in [9.17, 15) is 27.5 Å². The second-order valence-corrected chi connectivity index (χ2v) is 8.54. The van der Waals surface area contributed by atoms with Gasteiger partial charge in [0.25, 0.3) is 0 Å². The van der Waals surface area contributed by atoms with Crippen LogP contribution in [0.5, 0.6) is 0 Å². The molecule has 1 aromatic carbocycles. The highest BCUT2D eigenvalue weighted by molar-refractivity contribution is 7.89. The van der Waals surface area contributed by atoms with E-state index in [1.165, 1.54) is 0 Å². The summed E-state index contributed by atoms with van der Waals surface area (Å²) in [7, 11) is -4.07. The highest BCUT2D eigenvalue weighted by atomic mass is 32.2. The predicted molar refractivity (Wildman–Crippen MR) is 94.4 cm³/mol. The van der Waals surface area contributed by atoms with Gasteiger partial charge in [0.2, 0.25) is 15.9 Å². The van der Waals surface area contributed by atoms with Gasteiger partial charge in [-0.2, -0.15) is 4.72 Å². The molecule has 9 heteroatoms. The summed E-state index contributed by atoms with van der Waals surface area (Å²) in [6, 6.07) is 1.90. The zero-order chi connectivity index (χ0) is 20.1. The first kappa shape index (κ1) is 22.0. The molecule has 2 atom stereocenters. The quantitative estimate of drug-likeness (QED) is 0.596. The Hall–Kier alpha value is -2.00. The van der Waals surface area contributed by atoms with Gasteiger partial charge < -0.3 is 10.4 Å². The van der Waals surface area contributed by atoms with Crippen molar-refractivity contribution in [2.24, 2.45) is 11.8 Å². The van der Waals surface area contributed by atoms with Crippen LogP contribution in [-0.4, -0.2) is 37.5 Å². The molecule has 7 nitrogen and oxygen atoms in total. The number of carboxylic acid groups (broad SMARTS) is 1. The van der Waals surface area contributed by atoms with E-state index in [0.717, 1.165) is 24.3 Å². The third-order valence-corrected chi connectivity index (χ3v) is 5.13. The van der Waals surface area contributed by atoms with Gasteiger partial charge in [0, 0.05) is 0 Å². The number of carboxylic acids is 1. The third kappa shape index (κ3) is 6.38. The average molecular weight is 388 g/mol. The summed E-state index contributed by atoms with van der Waals surface area (Å²) in [6.45, 7) is 6.91. The van der Waals surface area contributed by atoms with Crippen molar-refractivity contribution >= 4 is 21.9 Å². The number of sulfonamides is 1. The maximum Gasteiger partial charge on any atom is 0.326 e. The molecule has 26 heavy (non-hydrogen) atoms. The number of hydrogen-bond acceptors (Lipinski definition) is 4. The maximum atomic E-state index is 13.0. The van der Waals surface area contributed by atoms with Gasteiger partial charge >= 0.3 is 5.97 Å². The number of amides is 1. The summed E-state index contributed by atoms with van der Waals surface area (Å²) < 4.78 is 40.1. The van der Waals surface area contributed by atoms with Crippen molar-refractivity contribution in [1.82, 2.24) is 10.0 Å². The van der Waals surface area contributed by atoms with Crippen molar-refractivity contribution in [3.05, 3.63) is 30.1 Å². The van der Waals surface area contributed by atoms with Crippen molar-refractivity contribution in [1.29, 1.82) is 0 Å². The van der Waals surface area contributed by atoms with E-state index >= 15 is 0 Å². The van der Waals surface area contributed by atoms with Crippen LogP contribution >= 0.6 is 0 Å². The Kier molecular flexibility index (Phi) is 7.70. The van der Waals surface area contributed by atoms with Crippen LogP contribution in [-0.2, 0) is 19.6 Å². The molecule has 0 aliphatic heterocycles. The summed E-state index contributed by atoms with van der Waals surface area (Å²) >= 11 is 0. The zero-order valence-corrected chi connectivity index (χ0v) is 16.0. The molecule has 0 bridgehead atoms. The molecule has 0 saturated carbocycles. The summed E-state index contributed by atoms with van der Waals surface area (Å²) in [5.41, 5.74) is 0. The SMILES string of the molecule is CC(C)C[C@H](NC(=O)[C@@H](NS(=O)(=O)c1ccc(F)cc1)C(C)C)C(=O)O. The monoisotopic (exact) mass is 388 g/mol. The molecule has 1 rings (SSSR count).